The zero-order valence-electron chi connectivity index (χ0n) is 21.8. The minimum absolute atomic E-state index is 0.00852. The fourth-order valence-corrected chi connectivity index (χ4v) is 4.00. The van der Waals surface area contributed by atoms with E-state index in [1.165, 1.54) is 29.8 Å². The minimum Gasteiger partial charge on any atom is -0.504 e. The van der Waals surface area contributed by atoms with Crippen LogP contribution in [-0.4, -0.2) is 37.6 Å². The first-order valence-corrected chi connectivity index (χ1v) is 12.2. The Kier molecular flexibility index (Phi) is 7.43. The van der Waals surface area contributed by atoms with Gasteiger partial charge in [-0.15, -0.1) is 0 Å². The molecule has 0 saturated heterocycles. The molecule has 0 fully saturated rings. The van der Waals surface area contributed by atoms with Gasteiger partial charge in [0.1, 0.15) is 5.69 Å². The number of benzene rings is 3. The Bertz CT molecular complexity index is 1480. The lowest BCUT2D eigenvalue weighted by molar-refractivity contribution is 0.0696. The highest BCUT2D eigenvalue weighted by Gasteiger charge is 2.22. The van der Waals surface area contributed by atoms with Crippen molar-refractivity contribution >= 4 is 17.6 Å². The smallest absolute Gasteiger partial charge is 0.335 e. The van der Waals surface area contributed by atoms with Crippen molar-refractivity contribution in [2.45, 2.75) is 39.7 Å². The first kappa shape index (κ1) is 26.3. The first-order valence-electron chi connectivity index (χ1n) is 12.2. The normalized spacial score (nSPS) is 11.8. The summed E-state index contributed by atoms with van der Waals surface area (Å²) in [5.74, 6) is -1.62. The lowest BCUT2D eigenvalue weighted by Crippen LogP contribution is -2.19. The number of aromatic nitrogens is 2. The summed E-state index contributed by atoms with van der Waals surface area (Å²) < 4.78 is 1.73. The molecule has 0 spiro atoms. The van der Waals surface area contributed by atoms with Crippen molar-refractivity contribution in [2.24, 2.45) is 5.10 Å². The molecule has 0 aliphatic rings. The van der Waals surface area contributed by atoms with E-state index in [-0.39, 0.29) is 28.0 Å². The maximum absolute atomic E-state index is 12.5. The van der Waals surface area contributed by atoms with Gasteiger partial charge in [-0.3, -0.25) is 9.48 Å². The summed E-state index contributed by atoms with van der Waals surface area (Å²) in [6.45, 7) is 8.51. The van der Waals surface area contributed by atoms with Gasteiger partial charge in [0, 0.05) is 11.1 Å². The van der Waals surface area contributed by atoms with E-state index in [4.69, 9.17) is 5.11 Å². The number of carboxylic acids is 1. The molecule has 0 radical (unpaired) electrons. The lowest BCUT2D eigenvalue weighted by atomic mass is 9.86. The Morgan fingerprint density at radius 3 is 2.11 bits per heavy atom. The Hall–Kier alpha value is -4.72. The van der Waals surface area contributed by atoms with Crippen LogP contribution in [0.25, 0.3) is 11.3 Å². The molecule has 194 valence electrons. The summed E-state index contributed by atoms with van der Waals surface area (Å²) in [5.41, 5.74) is 6.89. The van der Waals surface area contributed by atoms with Crippen LogP contribution in [0.3, 0.4) is 0 Å². The summed E-state index contributed by atoms with van der Waals surface area (Å²) in [6.07, 6.45) is 0. The summed E-state index contributed by atoms with van der Waals surface area (Å²) >= 11 is 0. The van der Waals surface area contributed by atoms with Gasteiger partial charge in [0.05, 0.1) is 17.8 Å². The monoisotopic (exact) mass is 510 g/mol. The van der Waals surface area contributed by atoms with Crippen LogP contribution in [0.15, 0.2) is 84.0 Å². The molecular formula is C30H30N4O4. The van der Waals surface area contributed by atoms with Crippen molar-refractivity contribution in [3.63, 3.8) is 0 Å². The largest absolute Gasteiger partial charge is 0.504 e. The number of carboxylic acid groups (broad SMARTS) is 1. The quantitative estimate of drug-likeness (QED) is 0.226. The number of hydrogen-bond donors (Lipinski definition) is 3. The third kappa shape index (κ3) is 5.81. The van der Waals surface area contributed by atoms with Crippen molar-refractivity contribution < 1.29 is 19.8 Å². The molecule has 4 aromatic rings. The van der Waals surface area contributed by atoms with E-state index in [0.29, 0.717) is 18.0 Å². The number of rotatable bonds is 7. The van der Waals surface area contributed by atoms with Crippen LogP contribution in [0, 0.1) is 0 Å². The van der Waals surface area contributed by atoms with Crippen molar-refractivity contribution in [1.82, 2.24) is 15.2 Å². The van der Waals surface area contributed by atoms with Gasteiger partial charge in [0.15, 0.2) is 11.4 Å². The molecule has 0 atom stereocenters. The Morgan fingerprint density at radius 2 is 1.53 bits per heavy atom. The van der Waals surface area contributed by atoms with Gasteiger partial charge in [0.25, 0.3) is 5.91 Å². The van der Waals surface area contributed by atoms with Gasteiger partial charge in [0.2, 0.25) is 0 Å². The Balaban J connectivity index is 1.66. The molecule has 1 aromatic heterocycles. The summed E-state index contributed by atoms with van der Waals surface area (Å²) in [7, 11) is 0. The van der Waals surface area contributed by atoms with E-state index in [9.17, 15) is 14.7 Å². The van der Waals surface area contributed by atoms with E-state index in [0.717, 1.165) is 11.1 Å². The van der Waals surface area contributed by atoms with Crippen LogP contribution in [0.5, 0.6) is 5.75 Å². The van der Waals surface area contributed by atoms with Crippen molar-refractivity contribution in [1.29, 1.82) is 0 Å². The highest BCUT2D eigenvalue weighted by Crippen LogP contribution is 2.34. The van der Waals surface area contributed by atoms with Crippen LogP contribution in [0.1, 0.15) is 65.2 Å². The predicted octanol–water partition coefficient (Wildman–Crippen LogP) is 5.45. The Labute approximate surface area is 221 Å². The highest BCUT2D eigenvalue weighted by molar-refractivity contribution is 6.02. The molecule has 0 bridgehead atoms. The average molecular weight is 511 g/mol. The van der Waals surface area contributed by atoms with Gasteiger partial charge in [-0.1, -0.05) is 75.4 Å². The van der Waals surface area contributed by atoms with Crippen LogP contribution in [-0.2, 0) is 12.0 Å². The second-order valence-electron chi connectivity index (χ2n) is 10.0. The molecule has 1 amide bonds. The number of amides is 1. The van der Waals surface area contributed by atoms with E-state index in [1.807, 2.05) is 54.6 Å². The maximum atomic E-state index is 12.5. The molecule has 3 N–H and O–H groups in total. The van der Waals surface area contributed by atoms with Crippen molar-refractivity contribution in [3.8, 4) is 17.0 Å². The maximum Gasteiger partial charge on any atom is 0.335 e. The number of carbonyl (C=O) groups excluding carboxylic acids is 1. The topological polar surface area (TPSA) is 117 Å². The number of hydrazone groups is 1. The summed E-state index contributed by atoms with van der Waals surface area (Å²) in [5, 5.41) is 29.1. The van der Waals surface area contributed by atoms with E-state index >= 15 is 0 Å². The van der Waals surface area contributed by atoms with Crippen molar-refractivity contribution in [3.05, 3.63) is 107 Å². The molecule has 8 heteroatoms. The van der Waals surface area contributed by atoms with Crippen LogP contribution >= 0.6 is 0 Å². The fraction of sp³-hybridized carbons (Fsp3) is 0.200. The number of nitrogens with zero attached hydrogens (tertiary/aromatic N) is 3. The predicted molar refractivity (Wildman–Crippen MR) is 147 cm³/mol. The molecule has 38 heavy (non-hydrogen) atoms. The second kappa shape index (κ2) is 10.7. The second-order valence-corrected chi connectivity index (χ2v) is 10.0. The van der Waals surface area contributed by atoms with E-state index in [2.05, 4.69) is 36.4 Å². The minimum atomic E-state index is -1.07. The average Bonchev–Trinajstić information content (AvgIpc) is 3.22. The van der Waals surface area contributed by atoms with Crippen LogP contribution in [0.4, 0.5) is 0 Å². The van der Waals surface area contributed by atoms with Gasteiger partial charge < -0.3 is 10.2 Å². The van der Waals surface area contributed by atoms with Crippen LogP contribution in [0.2, 0.25) is 0 Å². The van der Waals surface area contributed by atoms with E-state index < -0.39 is 11.9 Å². The fourth-order valence-electron chi connectivity index (χ4n) is 4.00. The number of carbonyl (C=O) groups is 2. The third-order valence-electron chi connectivity index (χ3n) is 6.19. The summed E-state index contributed by atoms with van der Waals surface area (Å²) in [4.78, 5) is 23.6. The molecule has 0 aliphatic heterocycles. The standard InChI is InChI=1S/C30H30N4O4/c1-19(31-32-28(36)22-10-12-23(13-11-22)29(37)38)25-27(35)26(21-14-16-24(17-15-21)30(2,3)4)34(33-25)18-20-8-6-5-7-9-20/h5-17,35H,18H2,1-4H3,(H,32,36)(H,37,38). The molecule has 4 rings (SSSR count). The molecule has 0 aliphatic carbocycles. The van der Waals surface area contributed by atoms with Gasteiger partial charge in [-0.2, -0.15) is 10.2 Å². The number of aromatic hydroxyl groups is 1. The van der Waals surface area contributed by atoms with E-state index in [1.54, 1.807) is 11.6 Å². The third-order valence-corrected chi connectivity index (χ3v) is 6.19. The van der Waals surface area contributed by atoms with Crippen LogP contribution < -0.4 is 5.43 Å². The number of nitrogens with one attached hydrogen (secondary N) is 1. The molecule has 8 nitrogen and oxygen atoms in total. The molecular weight excluding hydrogens is 480 g/mol. The van der Waals surface area contributed by atoms with Gasteiger partial charge >= 0.3 is 5.97 Å². The van der Waals surface area contributed by atoms with Gasteiger partial charge in [-0.05, 0) is 47.7 Å². The molecule has 1 heterocycles. The summed E-state index contributed by atoms with van der Waals surface area (Å²) in [6, 6.07) is 23.4. The Morgan fingerprint density at radius 1 is 0.921 bits per heavy atom. The molecule has 0 unspecified atom stereocenters. The zero-order valence-corrected chi connectivity index (χ0v) is 21.8. The lowest BCUT2D eigenvalue weighted by Gasteiger charge is -2.19. The number of hydrogen-bond acceptors (Lipinski definition) is 5. The van der Waals surface area contributed by atoms with Gasteiger partial charge in [-0.25, -0.2) is 10.2 Å². The highest BCUT2D eigenvalue weighted by atomic mass is 16.4. The first-order chi connectivity index (χ1) is 18.0. The molecule has 0 saturated carbocycles. The molecule has 3 aromatic carbocycles. The zero-order chi connectivity index (χ0) is 27.4. The van der Waals surface area contributed by atoms with Crippen molar-refractivity contribution in [2.75, 3.05) is 0 Å². The SMILES string of the molecule is CC(=NNC(=O)c1ccc(C(=O)O)cc1)c1nn(Cc2ccccc2)c(-c2ccc(C(C)(C)C)cc2)c1O. The number of aromatic carboxylic acids is 1.